The first kappa shape index (κ1) is 12.4. The molecule has 2 heterocycles. The molecule has 1 fully saturated rings. The molecule has 0 spiro atoms. The van der Waals surface area contributed by atoms with E-state index in [1.165, 1.54) is 6.42 Å². The number of hydrogen-bond acceptors (Lipinski definition) is 3. The molecule has 3 heteroatoms. The van der Waals surface area contributed by atoms with Gasteiger partial charge in [0.2, 0.25) is 0 Å². The van der Waals surface area contributed by atoms with Crippen molar-refractivity contribution in [3.05, 3.63) is 23.9 Å². The van der Waals surface area contributed by atoms with Gasteiger partial charge in [-0.2, -0.15) is 0 Å². The average Bonchev–Trinajstić information content (AvgIpc) is 2.34. The van der Waals surface area contributed by atoms with E-state index in [1.807, 2.05) is 6.20 Å². The van der Waals surface area contributed by atoms with Crippen LogP contribution in [-0.2, 0) is 6.54 Å². The molecule has 0 radical (unpaired) electrons. The maximum absolute atomic E-state index is 5.60. The Balaban J connectivity index is 2.19. The highest BCUT2D eigenvalue weighted by Crippen LogP contribution is 2.30. The van der Waals surface area contributed by atoms with Gasteiger partial charge in [-0.05, 0) is 36.8 Å². The topological polar surface area (TPSA) is 42.1 Å². The van der Waals surface area contributed by atoms with Gasteiger partial charge in [0, 0.05) is 25.3 Å². The number of rotatable bonds is 2. The summed E-state index contributed by atoms with van der Waals surface area (Å²) < 4.78 is 0. The molecule has 1 saturated heterocycles. The van der Waals surface area contributed by atoms with E-state index in [9.17, 15) is 0 Å². The highest BCUT2D eigenvalue weighted by atomic mass is 15.2. The van der Waals surface area contributed by atoms with Gasteiger partial charge in [0.25, 0.3) is 0 Å². The van der Waals surface area contributed by atoms with Crippen LogP contribution in [0.2, 0.25) is 0 Å². The normalized spacial score (nSPS) is 29.4. The van der Waals surface area contributed by atoms with Crippen LogP contribution in [0.15, 0.2) is 18.3 Å². The summed E-state index contributed by atoms with van der Waals surface area (Å²) in [5.41, 5.74) is 6.69. The molecule has 1 aromatic rings. The molecule has 1 aliphatic heterocycles. The summed E-state index contributed by atoms with van der Waals surface area (Å²) in [6.07, 6.45) is 3.21. The van der Waals surface area contributed by atoms with E-state index >= 15 is 0 Å². The maximum Gasteiger partial charge on any atom is 0.128 e. The zero-order chi connectivity index (χ0) is 12.4. The van der Waals surface area contributed by atoms with E-state index in [1.54, 1.807) is 0 Å². The monoisotopic (exact) mass is 233 g/mol. The maximum atomic E-state index is 5.60. The van der Waals surface area contributed by atoms with E-state index in [0.29, 0.717) is 12.6 Å². The Morgan fingerprint density at radius 3 is 2.71 bits per heavy atom. The minimum atomic E-state index is 0.565. The molecule has 3 unspecified atom stereocenters. The fourth-order valence-corrected chi connectivity index (χ4v) is 2.72. The molecule has 17 heavy (non-hydrogen) atoms. The SMILES string of the molecule is CC1CC(C)C(C)N(c2ccc(CN)cn2)C1. The Bertz CT molecular complexity index is 360. The lowest BCUT2D eigenvalue weighted by atomic mass is 9.86. The van der Waals surface area contributed by atoms with Crippen LogP contribution in [0.4, 0.5) is 5.82 Å². The predicted molar refractivity (Wildman–Crippen MR) is 71.9 cm³/mol. The summed E-state index contributed by atoms with van der Waals surface area (Å²) in [4.78, 5) is 6.97. The van der Waals surface area contributed by atoms with Crippen molar-refractivity contribution in [2.45, 2.75) is 39.8 Å². The van der Waals surface area contributed by atoms with Crippen LogP contribution in [0.3, 0.4) is 0 Å². The van der Waals surface area contributed by atoms with Gasteiger partial charge >= 0.3 is 0 Å². The fraction of sp³-hybridized carbons (Fsp3) is 0.643. The van der Waals surface area contributed by atoms with Crippen LogP contribution in [0.1, 0.15) is 32.8 Å². The molecule has 94 valence electrons. The fourth-order valence-electron chi connectivity index (χ4n) is 2.72. The van der Waals surface area contributed by atoms with Crippen molar-refractivity contribution in [3.8, 4) is 0 Å². The van der Waals surface area contributed by atoms with Crippen LogP contribution in [-0.4, -0.2) is 17.6 Å². The molecule has 0 aliphatic carbocycles. The quantitative estimate of drug-likeness (QED) is 0.853. The second-order valence-corrected chi connectivity index (χ2v) is 5.44. The Morgan fingerprint density at radius 1 is 1.35 bits per heavy atom. The van der Waals surface area contributed by atoms with Crippen molar-refractivity contribution in [2.24, 2.45) is 17.6 Å². The third-order valence-electron chi connectivity index (χ3n) is 3.94. The molecule has 0 aromatic carbocycles. The standard InChI is InChI=1S/C14H23N3/c1-10-6-11(2)12(3)17(9-10)14-5-4-13(7-15)8-16-14/h4-5,8,10-12H,6-7,9,15H2,1-3H3. The van der Waals surface area contributed by atoms with E-state index in [4.69, 9.17) is 5.73 Å². The van der Waals surface area contributed by atoms with Crippen LogP contribution >= 0.6 is 0 Å². The number of piperidine rings is 1. The molecule has 2 N–H and O–H groups in total. The molecular weight excluding hydrogens is 210 g/mol. The first-order valence-corrected chi connectivity index (χ1v) is 6.53. The van der Waals surface area contributed by atoms with Crippen molar-refractivity contribution in [1.82, 2.24) is 4.98 Å². The Labute approximate surface area is 104 Å². The average molecular weight is 233 g/mol. The van der Waals surface area contributed by atoms with Crippen LogP contribution in [0.25, 0.3) is 0 Å². The van der Waals surface area contributed by atoms with Crippen LogP contribution in [0.5, 0.6) is 0 Å². The molecule has 3 atom stereocenters. The number of nitrogens with two attached hydrogens (primary N) is 1. The van der Waals surface area contributed by atoms with Gasteiger partial charge in [0.15, 0.2) is 0 Å². The van der Waals surface area contributed by atoms with Gasteiger partial charge in [0.1, 0.15) is 5.82 Å². The Kier molecular flexibility index (Phi) is 3.67. The highest BCUT2D eigenvalue weighted by molar-refractivity contribution is 5.41. The minimum Gasteiger partial charge on any atom is -0.353 e. The third-order valence-corrected chi connectivity index (χ3v) is 3.94. The second-order valence-electron chi connectivity index (χ2n) is 5.44. The number of anilines is 1. The number of nitrogens with zero attached hydrogens (tertiary/aromatic N) is 2. The molecule has 0 bridgehead atoms. The van der Waals surface area contributed by atoms with Gasteiger partial charge in [-0.3, -0.25) is 0 Å². The molecule has 2 rings (SSSR count). The molecular formula is C14H23N3. The third kappa shape index (κ3) is 2.60. The number of pyridine rings is 1. The summed E-state index contributed by atoms with van der Waals surface area (Å²) in [7, 11) is 0. The summed E-state index contributed by atoms with van der Waals surface area (Å²) in [5.74, 6) is 2.57. The largest absolute Gasteiger partial charge is 0.353 e. The number of hydrogen-bond donors (Lipinski definition) is 1. The summed E-state index contributed by atoms with van der Waals surface area (Å²) in [6, 6.07) is 4.75. The molecule has 1 aliphatic rings. The summed E-state index contributed by atoms with van der Waals surface area (Å²) >= 11 is 0. The van der Waals surface area contributed by atoms with Crippen molar-refractivity contribution in [3.63, 3.8) is 0 Å². The zero-order valence-electron chi connectivity index (χ0n) is 11.1. The molecule has 0 amide bonds. The Hall–Kier alpha value is -1.09. The first-order valence-electron chi connectivity index (χ1n) is 6.53. The van der Waals surface area contributed by atoms with E-state index in [0.717, 1.165) is 29.8 Å². The first-order chi connectivity index (χ1) is 8.11. The smallest absolute Gasteiger partial charge is 0.128 e. The minimum absolute atomic E-state index is 0.565. The zero-order valence-corrected chi connectivity index (χ0v) is 11.1. The molecule has 1 aromatic heterocycles. The molecule has 3 nitrogen and oxygen atoms in total. The van der Waals surface area contributed by atoms with Crippen LogP contribution in [0, 0.1) is 11.8 Å². The lowest BCUT2D eigenvalue weighted by Gasteiger charge is -2.41. The van der Waals surface area contributed by atoms with Crippen LogP contribution < -0.4 is 10.6 Å². The predicted octanol–water partition coefficient (Wildman–Crippen LogP) is 2.41. The van der Waals surface area contributed by atoms with E-state index in [-0.39, 0.29) is 0 Å². The lowest BCUT2D eigenvalue weighted by Crippen LogP contribution is -2.46. The van der Waals surface area contributed by atoms with Gasteiger partial charge < -0.3 is 10.6 Å². The van der Waals surface area contributed by atoms with Crippen molar-refractivity contribution < 1.29 is 0 Å². The van der Waals surface area contributed by atoms with Crippen molar-refractivity contribution >= 4 is 5.82 Å². The van der Waals surface area contributed by atoms with Crippen molar-refractivity contribution in [2.75, 3.05) is 11.4 Å². The second kappa shape index (κ2) is 5.05. The van der Waals surface area contributed by atoms with Gasteiger partial charge in [-0.25, -0.2) is 4.98 Å². The van der Waals surface area contributed by atoms with Gasteiger partial charge in [-0.15, -0.1) is 0 Å². The summed E-state index contributed by atoms with van der Waals surface area (Å²) in [6.45, 7) is 8.64. The lowest BCUT2D eigenvalue weighted by molar-refractivity contribution is 0.295. The Morgan fingerprint density at radius 2 is 2.12 bits per heavy atom. The highest BCUT2D eigenvalue weighted by Gasteiger charge is 2.29. The van der Waals surface area contributed by atoms with Gasteiger partial charge in [-0.1, -0.05) is 19.9 Å². The van der Waals surface area contributed by atoms with Crippen molar-refractivity contribution in [1.29, 1.82) is 0 Å². The van der Waals surface area contributed by atoms with Gasteiger partial charge in [0.05, 0.1) is 0 Å². The van der Waals surface area contributed by atoms with E-state index in [2.05, 4.69) is 42.8 Å². The summed E-state index contributed by atoms with van der Waals surface area (Å²) in [5, 5.41) is 0. The van der Waals surface area contributed by atoms with E-state index < -0.39 is 0 Å². The number of aromatic nitrogens is 1. The molecule has 0 saturated carbocycles.